The van der Waals surface area contributed by atoms with Crippen LogP contribution in [0.3, 0.4) is 0 Å². The van der Waals surface area contributed by atoms with E-state index in [-0.39, 0.29) is 0 Å². The maximum Gasteiger partial charge on any atom is 0.107 e. The summed E-state index contributed by atoms with van der Waals surface area (Å²) in [6.45, 7) is 4.50. The van der Waals surface area contributed by atoms with Crippen LogP contribution in [0.5, 0.6) is 0 Å². The summed E-state index contributed by atoms with van der Waals surface area (Å²) in [5.41, 5.74) is 0. The monoisotopic (exact) mass is 307 g/mol. The third-order valence-corrected chi connectivity index (χ3v) is 5.39. The van der Waals surface area contributed by atoms with E-state index < -0.39 is 0 Å². The third-order valence-electron chi connectivity index (χ3n) is 2.79. The van der Waals surface area contributed by atoms with Crippen molar-refractivity contribution in [2.75, 3.05) is 13.1 Å². The predicted molar refractivity (Wildman–Crippen MR) is 71.0 cm³/mol. The van der Waals surface area contributed by atoms with Crippen molar-refractivity contribution in [1.29, 1.82) is 0 Å². The van der Waals surface area contributed by atoms with E-state index in [0.717, 1.165) is 33.7 Å². The summed E-state index contributed by atoms with van der Waals surface area (Å²) in [7, 11) is 0. The van der Waals surface area contributed by atoms with Gasteiger partial charge in [-0.2, -0.15) is 0 Å². The second-order valence-corrected chi connectivity index (χ2v) is 6.62. The quantitative estimate of drug-likeness (QED) is 0.801. The lowest BCUT2D eigenvalue weighted by molar-refractivity contribution is 0.621. The summed E-state index contributed by atoms with van der Waals surface area (Å²) in [6, 6.07) is 2.18. The summed E-state index contributed by atoms with van der Waals surface area (Å²) in [6.07, 6.45) is 2.54. The van der Waals surface area contributed by atoms with Gasteiger partial charge in [-0.1, -0.05) is 18.5 Å². The first-order valence-corrected chi connectivity index (χ1v) is 7.36. The van der Waals surface area contributed by atoms with Crippen LogP contribution in [0.15, 0.2) is 10.5 Å². The first-order chi connectivity index (χ1) is 7.22. The van der Waals surface area contributed by atoms with Crippen LogP contribution in [0, 0.1) is 5.92 Å². The Morgan fingerprint density at radius 2 is 2.47 bits per heavy atom. The highest BCUT2D eigenvalue weighted by molar-refractivity contribution is 9.10. The molecule has 0 radical (unpaired) electrons. The number of thiophene rings is 1. The van der Waals surface area contributed by atoms with Crippen molar-refractivity contribution in [1.82, 2.24) is 5.32 Å². The highest BCUT2D eigenvalue weighted by atomic mass is 79.9. The van der Waals surface area contributed by atoms with Gasteiger partial charge in [-0.05, 0) is 59.8 Å². The third kappa shape index (κ3) is 2.96. The molecule has 4 heteroatoms. The average molecular weight is 309 g/mol. The van der Waals surface area contributed by atoms with Gasteiger partial charge in [0.25, 0.3) is 0 Å². The van der Waals surface area contributed by atoms with Crippen molar-refractivity contribution in [3.8, 4) is 0 Å². The summed E-state index contributed by atoms with van der Waals surface area (Å²) < 4.78 is 1.94. The molecule has 1 aliphatic rings. The molecule has 0 bridgehead atoms. The van der Waals surface area contributed by atoms with E-state index in [0.29, 0.717) is 0 Å². The minimum Gasteiger partial charge on any atom is -0.316 e. The zero-order valence-corrected chi connectivity index (χ0v) is 11.9. The highest BCUT2D eigenvalue weighted by Gasteiger charge is 2.39. The van der Waals surface area contributed by atoms with Crippen molar-refractivity contribution in [2.24, 2.45) is 5.92 Å². The summed E-state index contributed by atoms with van der Waals surface area (Å²) in [5.74, 6) is 1.58. The molecule has 1 heterocycles. The van der Waals surface area contributed by atoms with Crippen LogP contribution in [-0.2, 0) is 0 Å². The van der Waals surface area contributed by atoms with Gasteiger partial charge in [-0.15, -0.1) is 11.3 Å². The molecule has 1 fully saturated rings. The van der Waals surface area contributed by atoms with E-state index in [1.807, 2.05) is 0 Å². The van der Waals surface area contributed by atoms with Gasteiger partial charge in [0.2, 0.25) is 0 Å². The van der Waals surface area contributed by atoms with Gasteiger partial charge >= 0.3 is 0 Å². The topological polar surface area (TPSA) is 12.0 Å². The predicted octanol–water partition coefficient (Wildman–Crippen LogP) is 4.27. The van der Waals surface area contributed by atoms with Gasteiger partial charge in [0.1, 0.15) is 4.34 Å². The van der Waals surface area contributed by atoms with E-state index in [2.05, 4.69) is 34.2 Å². The molecule has 0 amide bonds. The van der Waals surface area contributed by atoms with Crippen LogP contribution in [0.1, 0.15) is 30.6 Å². The van der Waals surface area contributed by atoms with Crippen LogP contribution in [0.2, 0.25) is 4.34 Å². The number of nitrogens with one attached hydrogen (secondary N) is 1. The molecule has 1 saturated carbocycles. The molecule has 2 unspecified atom stereocenters. The van der Waals surface area contributed by atoms with Gasteiger partial charge in [0.05, 0.1) is 0 Å². The lowest BCUT2D eigenvalue weighted by Crippen LogP contribution is -2.17. The van der Waals surface area contributed by atoms with Gasteiger partial charge < -0.3 is 5.32 Å². The van der Waals surface area contributed by atoms with Crippen molar-refractivity contribution in [3.05, 3.63) is 19.8 Å². The molecule has 1 nitrogen and oxygen atoms in total. The van der Waals surface area contributed by atoms with Crippen LogP contribution < -0.4 is 5.32 Å². The van der Waals surface area contributed by atoms with E-state index in [9.17, 15) is 0 Å². The molecule has 2 rings (SSSR count). The largest absolute Gasteiger partial charge is 0.316 e. The molecule has 1 N–H and O–H groups in total. The van der Waals surface area contributed by atoms with E-state index in [1.165, 1.54) is 17.7 Å². The molecule has 0 aromatic carbocycles. The lowest BCUT2D eigenvalue weighted by atomic mass is 10.2. The molecule has 1 aliphatic carbocycles. The number of rotatable bonds is 5. The molecule has 2 atom stereocenters. The Morgan fingerprint density at radius 1 is 1.67 bits per heavy atom. The van der Waals surface area contributed by atoms with Crippen LogP contribution >= 0.6 is 38.9 Å². The molecule has 0 saturated heterocycles. The van der Waals surface area contributed by atoms with Gasteiger partial charge in [0, 0.05) is 9.35 Å². The van der Waals surface area contributed by atoms with Crippen LogP contribution in [0.25, 0.3) is 0 Å². The van der Waals surface area contributed by atoms with Crippen molar-refractivity contribution >= 4 is 38.9 Å². The van der Waals surface area contributed by atoms with Gasteiger partial charge in [-0.25, -0.2) is 0 Å². The maximum atomic E-state index is 6.03. The second kappa shape index (κ2) is 5.17. The van der Waals surface area contributed by atoms with Crippen LogP contribution in [0.4, 0.5) is 0 Å². The normalized spacial score (nSPS) is 24.5. The zero-order chi connectivity index (χ0) is 10.8. The molecule has 0 spiro atoms. The Labute approximate surface area is 108 Å². The van der Waals surface area contributed by atoms with E-state index >= 15 is 0 Å². The SMILES string of the molecule is CCCNCC1CC1c1cc(Br)c(Cl)s1. The molecule has 15 heavy (non-hydrogen) atoms. The Kier molecular flexibility index (Phi) is 4.10. The lowest BCUT2D eigenvalue weighted by Gasteiger charge is -2.00. The highest BCUT2D eigenvalue weighted by Crippen LogP contribution is 2.51. The molecular formula is C11H15BrClNS. The minimum absolute atomic E-state index is 0.753. The first-order valence-electron chi connectivity index (χ1n) is 5.37. The van der Waals surface area contributed by atoms with E-state index in [1.54, 1.807) is 11.3 Å². The minimum atomic E-state index is 0.753. The standard InChI is InChI=1S/C11H15BrClNS/c1-2-3-14-6-7-4-8(7)10-5-9(12)11(13)15-10/h5,7-8,14H,2-4,6H2,1H3. The van der Waals surface area contributed by atoms with Crippen LogP contribution in [-0.4, -0.2) is 13.1 Å². The summed E-state index contributed by atoms with van der Waals surface area (Å²) in [4.78, 5) is 1.44. The molecule has 84 valence electrons. The first kappa shape index (κ1) is 11.9. The van der Waals surface area contributed by atoms with Gasteiger partial charge in [0.15, 0.2) is 0 Å². The summed E-state index contributed by atoms with van der Waals surface area (Å²) in [5, 5.41) is 3.48. The Bertz CT molecular complexity index is 320. The molecule has 1 aromatic rings. The second-order valence-electron chi connectivity index (χ2n) is 4.08. The smallest absolute Gasteiger partial charge is 0.107 e. The Hall–Kier alpha value is 0.430. The number of halogens is 2. The van der Waals surface area contributed by atoms with E-state index in [4.69, 9.17) is 11.6 Å². The van der Waals surface area contributed by atoms with Crippen molar-refractivity contribution < 1.29 is 0 Å². The fourth-order valence-corrected chi connectivity index (χ4v) is 3.77. The van der Waals surface area contributed by atoms with Gasteiger partial charge in [-0.3, -0.25) is 0 Å². The van der Waals surface area contributed by atoms with Crippen molar-refractivity contribution in [2.45, 2.75) is 25.7 Å². The zero-order valence-electron chi connectivity index (χ0n) is 8.72. The van der Waals surface area contributed by atoms with Crippen molar-refractivity contribution in [3.63, 3.8) is 0 Å². The molecule has 1 aromatic heterocycles. The molecule has 0 aliphatic heterocycles. The maximum absolute atomic E-state index is 6.03. The Morgan fingerprint density at radius 3 is 3.07 bits per heavy atom. The molecular weight excluding hydrogens is 294 g/mol. The fraction of sp³-hybridized carbons (Fsp3) is 0.636. The number of hydrogen-bond donors (Lipinski definition) is 1. The number of hydrogen-bond acceptors (Lipinski definition) is 2. The Balaban J connectivity index is 1.83. The summed E-state index contributed by atoms with van der Waals surface area (Å²) >= 11 is 11.2. The average Bonchev–Trinajstić information content (AvgIpc) is 2.89. The fourth-order valence-electron chi connectivity index (χ4n) is 1.83.